The number of alkyl carbamates (subject to hydrolysis) is 1. The SMILES string of the molecule is CN(CCCCCCNC(=O)OC(C)(C)C)C[C@H]1CC[C@H](n2cc(NC(=O)c3coc(-c4ccnc(N(CC5CC5)C(=O)OC(C)(C)C)c4)n3)c(C(F)F)n2)CC1. The average Bonchev–Trinajstić information content (AvgIpc) is 3.62. The maximum atomic E-state index is 14.2. The first-order chi connectivity index (χ1) is 26.9. The van der Waals surface area contributed by atoms with Gasteiger partial charge >= 0.3 is 12.2 Å². The number of nitrogens with zero attached hydrogens (tertiary/aromatic N) is 6. The number of ether oxygens (including phenoxy) is 2. The molecule has 14 nitrogen and oxygen atoms in total. The zero-order chi connectivity index (χ0) is 41.3. The van der Waals surface area contributed by atoms with E-state index in [9.17, 15) is 23.2 Å². The van der Waals surface area contributed by atoms with Crippen LogP contribution in [0.1, 0.15) is 134 Å². The van der Waals surface area contributed by atoms with Crippen molar-refractivity contribution in [2.75, 3.05) is 43.4 Å². The van der Waals surface area contributed by atoms with Crippen LogP contribution in [0.2, 0.25) is 0 Å². The predicted molar refractivity (Wildman–Crippen MR) is 212 cm³/mol. The smallest absolute Gasteiger partial charge is 0.416 e. The third kappa shape index (κ3) is 13.8. The lowest BCUT2D eigenvalue weighted by molar-refractivity contribution is 0.0524. The Balaban J connectivity index is 1.10. The molecule has 0 saturated heterocycles. The fourth-order valence-corrected chi connectivity index (χ4v) is 6.87. The van der Waals surface area contributed by atoms with Gasteiger partial charge < -0.3 is 29.4 Å². The van der Waals surface area contributed by atoms with Gasteiger partial charge in [-0.05, 0) is 130 Å². The quantitative estimate of drug-likeness (QED) is 0.126. The molecule has 3 aromatic rings. The summed E-state index contributed by atoms with van der Waals surface area (Å²) in [5.74, 6) is 0.628. The van der Waals surface area contributed by atoms with E-state index >= 15 is 0 Å². The summed E-state index contributed by atoms with van der Waals surface area (Å²) in [6.45, 7) is 14.0. The topological polar surface area (TPSA) is 157 Å². The van der Waals surface area contributed by atoms with Crippen molar-refractivity contribution in [1.82, 2.24) is 30.0 Å². The summed E-state index contributed by atoms with van der Waals surface area (Å²) in [6.07, 6.45) is 10.0. The summed E-state index contributed by atoms with van der Waals surface area (Å²) < 4.78 is 46.4. The standard InChI is InChI=1S/C41H60F2N8O6/c1-40(2,3)56-38(53)45-19-10-8-9-11-21-49(7)23-27-14-16-30(17-15-27)51-25-31(34(48-51)35(42)43)46-36(52)32-26-55-37(47-32)29-18-20-44-33(22-29)50(24-28-12-13-28)39(54)57-41(4,5)6/h18,20,22,25-28,30,35H,8-17,19,21,23-24H2,1-7H3,(H,45,53)(H,46,52)/t27-,30-. The number of alkyl halides is 2. The third-order valence-electron chi connectivity index (χ3n) is 9.87. The Hall–Kier alpha value is -4.60. The molecule has 3 heterocycles. The second-order valence-electron chi connectivity index (χ2n) is 17.4. The van der Waals surface area contributed by atoms with Gasteiger partial charge in [0.25, 0.3) is 12.3 Å². The van der Waals surface area contributed by atoms with Crippen LogP contribution in [-0.4, -0.2) is 87.2 Å². The van der Waals surface area contributed by atoms with E-state index in [0.717, 1.165) is 83.6 Å². The fraction of sp³-hybridized carbons (Fsp3) is 0.659. The number of rotatable bonds is 17. The Morgan fingerprint density at radius 1 is 0.947 bits per heavy atom. The summed E-state index contributed by atoms with van der Waals surface area (Å²) in [5, 5.41) is 9.60. The first-order valence-corrected chi connectivity index (χ1v) is 20.2. The van der Waals surface area contributed by atoms with Crippen molar-refractivity contribution < 1.29 is 37.1 Å². The number of carbonyl (C=O) groups is 3. The maximum Gasteiger partial charge on any atom is 0.416 e. The molecule has 3 aromatic heterocycles. The number of nitrogens with one attached hydrogen (secondary N) is 2. The third-order valence-corrected chi connectivity index (χ3v) is 9.87. The molecule has 0 atom stereocenters. The number of anilines is 2. The van der Waals surface area contributed by atoms with Gasteiger partial charge in [-0.15, -0.1) is 0 Å². The summed E-state index contributed by atoms with van der Waals surface area (Å²) >= 11 is 0. The molecule has 5 rings (SSSR count). The molecule has 2 fully saturated rings. The minimum absolute atomic E-state index is 0.0521. The molecule has 0 unspecified atom stereocenters. The van der Waals surface area contributed by atoms with Crippen molar-refractivity contribution in [1.29, 1.82) is 0 Å². The number of oxazole rings is 1. The Morgan fingerprint density at radius 2 is 1.61 bits per heavy atom. The number of pyridine rings is 1. The summed E-state index contributed by atoms with van der Waals surface area (Å²) in [7, 11) is 2.13. The van der Waals surface area contributed by atoms with Crippen molar-refractivity contribution in [3.8, 4) is 11.5 Å². The van der Waals surface area contributed by atoms with E-state index in [0.29, 0.717) is 36.3 Å². The highest BCUT2D eigenvalue weighted by Gasteiger charge is 2.32. The van der Waals surface area contributed by atoms with Gasteiger partial charge in [0.1, 0.15) is 23.3 Å². The van der Waals surface area contributed by atoms with Crippen LogP contribution in [0.15, 0.2) is 35.2 Å². The Kier molecular flexibility index (Phi) is 14.7. The normalized spacial score (nSPS) is 17.5. The van der Waals surface area contributed by atoms with Crippen LogP contribution < -0.4 is 15.5 Å². The molecule has 2 saturated carbocycles. The second-order valence-corrected chi connectivity index (χ2v) is 17.4. The highest BCUT2D eigenvalue weighted by molar-refractivity contribution is 6.03. The van der Waals surface area contributed by atoms with Crippen LogP contribution in [-0.2, 0) is 9.47 Å². The van der Waals surface area contributed by atoms with Crippen LogP contribution in [0.4, 0.5) is 29.9 Å². The minimum atomic E-state index is -2.89. The molecule has 57 heavy (non-hydrogen) atoms. The predicted octanol–water partition coefficient (Wildman–Crippen LogP) is 9.02. The van der Waals surface area contributed by atoms with E-state index in [1.807, 2.05) is 20.8 Å². The van der Waals surface area contributed by atoms with Gasteiger partial charge in [-0.3, -0.25) is 14.4 Å². The lowest BCUT2D eigenvalue weighted by Gasteiger charge is -2.31. The first-order valence-electron chi connectivity index (χ1n) is 20.2. The molecule has 2 N–H and O–H groups in total. The van der Waals surface area contributed by atoms with Crippen molar-refractivity contribution >= 4 is 29.6 Å². The molecule has 0 bridgehead atoms. The highest BCUT2D eigenvalue weighted by atomic mass is 19.3. The molecule has 3 amide bonds. The van der Waals surface area contributed by atoms with Gasteiger partial charge in [0, 0.05) is 37.6 Å². The largest absolute Gasteiger partial charge is 0.444 e. The Bertz CT molecular complexity index is 1790. The Labute approximate surface area is 334 Å². The van der Waals surface area contributed by atoms with Crippen molar-refractivity contribution in [2.45, 2.75) is 129 Å². The summed E-state index contributed by atoms with van der Waals surface area (Å²) in [5.41, 5.74) is -1.37. The number of hydrogen-bond acceptors (Lipinski definition) is 10. The minimum Gasteiger partial charge on any atom is -0.444 e. The van der Waals surface area contributed by atoms with Crippen LogP contribution in [0.25, 0.3) is 11.5 Å². The molecule has 0 aromatic carbocycles. The lowest BCUT2D eigenvalue weighted by atomic mass is 9.86. The van der Waals surface area contributed by atoms with E-state index in [2.05, 4.69) is 37.6 Å². The molecular formula is C41H60F2N8O6. The number of aromatic nitrogens is 4. The molecule has 2 aliphatic rings. The number of hydrogen-bond donors (Lipinski definition) is 2. The first kappa shape index (κ1) is 43.5. The lowest BCUT2D eigenvalue weighted by Crippen LogP contribution is -2.38. The van der Waals surface area contributed by atoms with Gasteiger partial charge in [0.15, 0.2) is 11.4 Å². The van der Waals surface area contributed by atoms with Crippen molar-refractivity contribution in [2.24, 2.45) is 11.8 Å². The van der Waals surface area contributed by atoms with E-state index in [1.165, 1.54) is 17.3 Å². The second kappa shape index (κ2) is 19.2. The molecule has 0 aliphatic heterocycles. The number of unbranched alkanes of at least 4 members (excludes halogenated alkanes) is 3. The van der Waals surface area contributed by atoms with Gasteiger partial charge in [0.05, 0.1) is 11.7 Å². The van der Waals surface area contributed by atoms with E-state index in [4.69, 9.17) is 13.9 Å². The number of halogens is 2. The molecular weight excluding hydrogens is 738 g/mol. The maximum absolute atomic E-state index is 14.2. The average molecular weight is 799 g/mol. The van der Waals surface area contributed by atoms with Crippen LogP contribution >= 0.6 is 0 Å². The molecule has 16 heteroatoms. The zero-order valence-corrected chi connectivity index (χ0v) is 34.5. The number of carbonyl (C=O) groups excluding carboxylic acids is 3. The van der Waals surface area contributed by atoms with E-state index in [-0.39, 0.29) is 29.4 Å². The monoisotopic (exact) mass is 798 g/mol. The summed E-state index contributed by atoms with van der Waals surface area (Å²) in [4.78, 5) is 50.7. The Morgan fingerprint density at radius 3 is 2.28 bits per heavy atom. The van der Waals surface area contributed by atoms with E-state index in [1.54, 1.807) is 37.6 Å². The number of amides is 3. The van der Waals surface area contributed by atoms with Crippen LogP contribution in [0, 0.1) is 11.8 Å². The summed E-state index contributed by atoms with van der Waals surface area (Å²) in [6, 6.07) is 3.24. The van der Waals surface area contributed by atoms with Crippen LogP contribution in [0.5, 0.6) is 0 Å². The molecule has 0 radical (unpaired) electrons. The van der Waals surface area contributed by atoms with Gasteiger partial charge in [-0.2, -0.15) is 5.10 Å². The zero-order valence-electron chi connectivity index (χ0n) is 34.5. The molecule has 314 valence electrons. The van der Waals surface area contributed by atoms with Crippen molar-refractivity contribution in [3.05, 3.63) is 42.2 Å². The van der Waals surface area contributed by atoms with Gasteiger partial charge in [0.2, 0.25) is 5.89 Å². The van der Waals surface area contributed by atoms with Crippen LogP contribution in [0.3, 0.4) is 0 Å². The highest BCUT2D eigenvalue weighted by Crippen LogP contribution is 2.36. The molecule has 2 aliphatic carbocycles. The van der Waals surface area contributed by atoms with E-state index < -0.39 is 35.3 Å². The molecule has 0 spiro atoms. The van der Waals surface area contributed by atoms with Gasteiger partial charge in [-0.25, -0.2) is 28.3 Å². The van der Waals surface area contributed by atoms with Gasteiger partial charge in [-0.1, -0.05) is 12.8 Å². The fourth-order valence-electron chi connectivity index (χ4n) is 6.87. The van der Waals surface area contributed by atoms with Crippen molar-refractivity contribution in [3.63, 3.8) is 0 Å².